The van der Waals surface area contributed by atoms with E-state index in [0.717, 1.165) is 30.0 Å². The highest BCUT2D eigenvalue weighted by molar-refractivity contribution is 6.12. The predicted molar refractivity (Wildman–Crippen MR) is 129 cm³/mol. The molecule has 1 fully saturated rings. The molecule has 0 aliphatic carbocycles. The van der Waals surface area contributed by atoms with Gasteiger partial charge in [-0.2, -0.15) is 0 Å². The summed E-state index contributed by atoms with van der Waals surface area (Å²) in [6.45, 7) is 2.46. The molecule has 0 bridgehead atoms. The van der Waals surface area contributed by atoms with E-state index in [2.05, 4.69) is 15.2 Å². The van der Waals surface area contributed by atoms with Crippen LogP contribution in [0.4, 0.5) is 28.9 Å². The molecule has 0 atom stereocenters. The lowest BCUT2D eigenvalue weighted by Gasteiger charge is -2.28. The average Bonchev–Trinajstić information content (AvgIpc) is 2.92. The number of hydrogen-bond donors (Lipinski definition) is 1. The summed E-state index contributed by atoms with van der Waals surface area (Å²) < 4.78 is 62.8. The van der Waals surface area contributed by atoms with Crippen molar-refractivity contribution < 1.29 is 31.9 Å². The highest BCUT2D eigenvalue weighted by Crippen LogP contribution is 2.29. The number of nitrogens with one attached hydrogen (secondary N) is 1. The van der Waals surface area contributed by atoms with Crippen molar-refractivity contribution in [3.8, 4) is 0 Å². The van der Waals surface area contributed by atoms with Crippen molar-refractivity contribution >= 4 is 34.0 Å². The van der Waals surface area contributed by atoms with Crippen LogP contribution in [0.3, 0.4) is 0 Å². The van der Waals surface area contributed by atoms with Gasteiger partial charge in [0.25, 0.3) is 5.91 Å². The number of anilines is 2. The molecule has 0 unspecified atom stereocenters. The zero-order chi connectivity index (χ0) is 26.1. The number of halogens is 4. The molecule has 3 aromatic carbocycles. The molecule has 6 nitrogen and oxygen atoms in total. The third-order valence-electron chi connectivity index (χ3n) is 6.04. The van der Waals surface area contributed by atoms with E-state index in [1.165, 1.54) is 18.2 Å². The molecule has 1 amide bonds. The molecular weight excluding hydrogens is 490 g/mol. The Hall–Kier alpha value is -4.31. The Morgan fingerprint density at radius 3 is 2.30 bits per heavy atom. The summed E-state index contributed by atoms with van der Waals surface area (Å²) in [7, 11) is 0. The summed E-state index contributed by atoms with van der Waals surface area (Å²) >= 11 is 0. The van der Waals surface area contributed by atoms with Crippen molar-refractivity contribution in [2.45, 2.75) is 0 Å². The van der Waals surface area contributed by atoms with E-state index in [9.17, 15) is 22.8 Å². The molecule has 1 saturated heterocycles. The molecule has 1 aromatic heterocycles. The second-order valence-corrected chi connectivity index (χ2v) is 8.40. The number of fused-ring (bicyclic) bond motifs is 1. The van der Waals surface area contributed by atoms with E-state index in [0.29, 0.717) is 43.3 Å². The molecule has 0 saturated carbocycles. The number of morpholine rings is 1. The molecule has 1 N–H and O–H groups in total. The molecule has 0 spiro atoms. The average molecular weight is 509 g/mol. The third-order valence-corrected chi connectivity index (χ3v) is 6.04. The molecule has 5 rings (SSSR count). The lowest BCUT2D eigenvalue weighted by molar-refractivity contribution is 0.101. The van der Waals surface area contributed by atoms with E-state index in [4.69, 9.17) is 4.74 Å². The number of hydrogen-bond acceptors (Lipinski definition) is 5. The van der Waals surface area contributed by atoms with E-state index in [-0.39, 0.29) is 11.1 Å². The number of carbonyl (C=O) groups excluding carboxylic acids is 2. The van der Waals surface area contributed by atoms with Crippen LogP contribution < -0.4 is 10.2 Å². The van der Waals surface area contributed by atoms with Gasteiger partial charge in [0.2, 0.25) is 0 Å². The van der Waals surface area contributed by atoms with Crippen LogP contribution in [-0.4, -0.2) is 43.0 Å². The maximum Gasteiger partial charge on any atom is 0.255 e. The first-order chi connectivity index (χ1) is 17.8. The minimum Gasteiger partial charge on any atom is -0.378 e. The van der Waals surface area contributed by atoms with E-state index >= 15 is 4.39 Å². The van der Waals surface area contributed by atoms with Crippen molar-refractivity contribution in [3.05, 3.63) is 101 Å². The van der Waals surface area contributed by atoms with Gasteiger partial charge in [0.1, 0.15) is 5.82 Å². The van der Waals surface area contributed by atoms with Gasteiger partial charge in [0, 0.05) is 35.7 Å². The first-order valence-corrected chi connectivity index (χ1v) is 11.3. The van der Waals surface area contributed by atoms with Gasteiger partial charge in [-0.05, 0) is 48.5 Å². The predicted octanol–water partition coefficient (Wildman–Crippen LogP) is 5.11. The third kappa shape index (κ3) is 4.88. The largest absolute Gasteiger partial charge is 0.378 e. The van der Waals surface area contributed by atoms with Gasteiger partial charge in [-0.1, -0.05) is 0 Å². The fraction of sp³-hybridized carbons (Fsp3) is 0.148. The number of amides is 1. The van der Waals surface area contributed by atoms with E-state index < -0.39 is 46.2 Å². The van der Waals surface area contributed by atoms with Gasteiger partial charge in [-0.3, -0.25) is 14.6 Å². The summed E-state index contributed by atoms with van der Waals surface area (Å²) in [6.07, 6.45) is 1.69. The molecule has 1 aliphatic rings. The maximum absolute atomic E-state index is 15.3. The van der Waals surface area contributed by atoms with Gasteiger partial charge in [0.05, 0.1) is 41.9 Å². The smallest absolute Gasteiger partial charge is 0.255 e. The monoisotopic (exact) mass is 509 g/mol. The number of nitrogens with zero attached hydrogens (tertiary/aromatic N) is 2. The van der Waals surface area contributed by atoms with Crippen LogP contribution >= 0.6 is 0 Å². The van der Waals surface area contributed by atoms with Crippen LogP contribution in [0.2, 0.25) is 0 Å². The van der Waals surface area contributed by atoms with Gasteiger partial charge in [-0.25, -0.2) is 17.6 Å². The zero-order valence-corrected chi connectivity index (χ0v) is 19.2. The number of carbonyl (C=O) groups is 2. The van der Waals surface area contributed by atoms with Gasteiger partial charge >= 0.3 is 0 Å². The maximum atomic E-state index is 15.3. The summed E-state index contributed by atoms with van der Waals surface area (Å²) in [5, 5.41) is 2.67. The van der Waals surface area contributed by atoms with Crippen LogP contribution in [0, 0.1) is 23.3 Å². The van der Waals surface area contributed by atoms with Crippen molar-refractivity contribution in [2.75, 3.05) is 36.5 Å². The SMILES string of the molecule is O=C(Nc1cc(F)c(F)c(C(=O)c2ccc3ncc(N4CCOCC4)cc3c2)c1F)c1ccc(F)cc1. The highest BCUT2D eigenvalue weighted by Gasteiger charge is 2.27. The van der Waals surface area contributed by atoms with E-state index in [1.807, 2.05) is 0 Å². The summed E-state index contributed by atoms with van der Waals surface area (Å²) in [6, 6.07) is 10.9. The quantitative estimate of drug-likeness (QED) is 0.230. The summed E-state index contributed by atoms with van der Waals surface area (Å²) in [4.78, 5) is 32.0. The number of ether oxygens (including phenoxy) is 1. The zero-order valence-electron chi connectivity index (χ0n) is 19.2. The molecule has 10 heteroatoms. The van der Waals surface area contributed by atoms with Gasteiger partial charge in [-0.15, -0.1) is 0 Å². The molecule has 188 valence electrons. The second-order valence-electron chi connectivity index (χ2n) is 8.40. The molecular formula is C27H19F4N3O3. The Labute approximate surface area is 208 Å². The second kappa shape index (κ2) is 9.98. The molecule has 0 radical (unpaired) electrons. The standard InChI is InChI=1S/C27H19F4N3O3/c28-18-4-1-15(2-5-18)27(36)33-22-13-20(29)24(30)23(25(22)31)26(35)16-3-6-21-17(11-16)12-19(14-32-21)34-7-9-37-10-8-34/h1-6,11-14H,7-10H2,(H,33,36). The van der Waals surface area contributed by atoms with Crippen molar-refractivity contribution in [1.29, 1.82) is 0 Å². The Morgan fingerprint density at radius 1 is 0.865 bits per heavy atom. The Morgan fingerprint density at radius 2 is 1.57 bits per heavy atom. The van der Waals surface area contributed by atoms with Crippen LogP contribution in [0.25, 0.3) is 10.9 Å². The Balaban J connectivity index is 1.48. The topological polar surface area (TPSA) is 71.5 Å². The van der Waals surface area contributed by atoms with Crippen LogP contribution in [-0.2, 0) is 4.74 Å². The van der Waals surface area contributed by atoms with Crippen molar-refractivity contribution in [3.63, 3.8) is 0 Å². The van der Waals surface area contributed by atoms with Crippen LogP contribution in [0.15, 0.2) is 60.8 Å². The lowest BCUT2D eigenvalue weighted by Crippen LogP contribution is -2.36. The van der Waals surface area contributed by atoms with Crippen LogP contribution in [0.5, 0.6) is 0 Å². The van der Waals surface area contributed by atoms with Gasteiger partial charge in [0.15, 0.2) is 23.2 Å². The van der Waals surface area contributed by atoms with Crippen LogP contribution in [0.1, 0.15) is 26.3 Å². The number of rotatable bonds is 5. The minimum atomic E-state index is -1.68. The molecule has 1 aliphatic heterocycles. The summed E-state index contributed by atoms with van der Waals surface area (Å²) in [5.41, 5.74) is -0.654. The first kappa shape index (κ1) is 24.4. The molecule has 4 aromatic rings. The highest BCUT2D eigenvalue weighted by atomic mass is 19.2. The van der Waals surface area contributed by atoms with E-state index in [1.54, 1.807) is 12.3 Å². The van der Waals surface area contributed by atoms with Gasteiger partial charge < -0.3 is 15.0 Å². The number of aromatic nitrogens is 1. The molecule has 37 heavy (non-hydrogen) atoms. The first-order valence-electron chi connectivity index (χ1n) is 11.3. The normalized spacial score (nSPS) is 13.6. The number of pyridine rings is 1. The Kier molecular flexibility index (Phi) is 6.58. The fourth-order valence-electron chi connectivity index (χ4n) is 4.09. The summed E-state index contributed by atoms with van der Waals surface area (Å²) in [5.74, 6) is -7.22. The lowest BCUT2D eigenvalue weighted by atomic mass is 9.99. The Bertz CT molecular complexity index is 1520. The minimum absolute atomic E-state index is 0.0449. The molecule has 2 heterocycles. The fourth-order valence-corrected chi connectivity index (χ4v) is 4.09. The van der Waals surface area contributed by atoms with Crippen molar-refractivity contribution in [2.24, 2.45) is 0 Å². The number of ketones is 1. The van der Waals surface area contributed by atoms with Crippen molar-refractivity contribution in [1.82, 2.24) is 4.98 Å². The number of benzene rings is 3.